The third-order valence-corrected chi connectivity index (χ3v) is 8.51. The van der Waals surface area contributed by atoms with Crippen molar-refractivity contribution in [2.45, 2.75) is 11.8 Å². The lowest BCUT2D eigenvalue weighted by Gasteiger charge is -2.27. The average Bonchev–Trinajstić information content (AvgIpc) is 3.05. The number of hydrogen-bond donors (Lipinski definition) is 7. The molecule has 0 aliphatic carbocycles. The number of hydrogen-bond acceptors (Lipinski definition) is 16. The molecule has 0 atom stereocenters. The zero-order chi connectivity index (χ0) is 33.0. The van der Waals surface area contributed by atoms with Gasteiger partial charge in [-0.2, -0.15) is 38.3 Å². The van der Waals surface area contributed by atoms with E-state index in [2.05, 4.69) is 56.1 Å². The van der Waals surface area contributed by atoms with Crippen LogP contribution in [0, 0.1) is 6.92 Å². The topological polar surface area (TPSA) is 238 Å². The Kier molecular flexibility index (Phi) is 9.25. The highest BCUT2D eigenvalue weighted by Crippen LogP contribution is 2.27. The van der Waals surface area contributed by atoms with Crippen LogP contribution >= 0.6 is 0 Å². The monoisotopic (exact) mass is 660 g/mol. The molecule has 2 aromatic heterocycles. The highest BCUT2D eigenvalue weighted by Gasteiger charge is 2.19. The van der Waals surface area contributed by atoms with Crippen LogP contribution in [0.1, 0.15) is 16.7 Å². The molecular formula is C29H36N14O3S. The molecule has 2 aromatic carbocycles. The number of nitrogens with two attached hydrogens (primary N) is 2. The smallest absolute Gasteiger partial charge is 0.295 e. The van der Waals surface area contributed by atoms with Gasteiger partial charge < -0.3 is 42.5 Å². The van der Waals surface area contributed by atoms with E-state index in [1.165, 1.54) is 6.07 Å². The Bertz CT molecular complexity index is 1890. The number of nitrogens with zero attached hydrogens (tertiary/aromatic N) is 8. The van der Waals surface area contributed by atoms with Gasteiger partial charge in [0.15, 0.2) is 0 Å². The van der Waals surface area contributed by atoms with Gasteiger partial charge in [-0.3, -0.25) is 4.55 Å². The summed E-state index contributed by atoms with van der Waals surface area (Å²) in [5.74, 6) is 1.58. The number of aromatic nitrogens is 6. The summed E-state index contributed by atoms with van der Waals surface area (Å²) >= 11 is 0. The predicted molar refractivity (Wildman–Crippen MR) is 182 cm³/mol. The first kappa shape index (κ1) is 31.8. The van der Waals surface area contributed by atoms with Crippen molar-refractivity contribution in [2.75, 3.05) is 84.3 Å². The van der Waals surface area contributed by atoms with Gasteiger partial charge in [-0.1, -0.05) is 24.3 Å². The Morgan fingerprint density at radius 1 is 0.723 bits per heavy atom. The summed E-state index contributed by atoms with van der Waals surface area (Å²) in [5, 5.41) is 12.7. The summed E-state index contributed by atoms with van der Waals surface area (Å²) in [4.78, 5) is 29.6. The minimum atomic E-state index is -4.58. The van der Waals surface area contributed by atoms with Crippen LogP contribution in [0.15, 0.2) is 41.3 Å². The summed E-state index contributed by atoms with van der Waals surface area (Å²) in [5.41, 5.74) is 15.0. The fourth-order valence-electron chi connectivity index (χ4n) is 5.24. The van der Waals surface area contributed by atoms with Crippen LogP contribution in [0.3, 0.4) is 0 Å². The van der Waals surface area contributed by atoms with Crippen LogP contribution in [0.5, 0.6) is 0 Å². The lowest BCUT2D eigenvalue weighted by Crippen LogP contribution is -2.44. The number of rotatable bonds is 9. The predicted octanol–water partition coefficient (Wildman–Crippen LogP) is 1.25. The van der Waals surface area contributed by atoms with Crippen LogP contribution in [0.25, 0.3) is 12.2 Å². The minimum absolute atomic E-state index is 0.0274. The molecule has 0 radical (unpaired) electrons. The molecular weight excluding hydrogens is 624 g/mol. The number of piperazine rings is 2. The van der Waals surface area contributed by atoms with Gasteiger partial charge in [0.1, 0.15) is 4.90 Å². The van der Waals surface area contributed by atoms with Crippen molar-refractivity contribution in [3.8, 4) is 0 Å². The van der Waals surface area contributed by atoms with Crippen LogP contribution in [-0.2, 0) is 10.1 Å². The first-order chi connectivity index (χ1) is 22.6. The molecule has 2 aliphatic heterocycles. The van der Waals surface area contributed by atoms with Gasteiger partial charge in [0.2, 0.25) is 35.7 Å². The molecule has 17 nitrogen and oxygen atoms in total. The first-order valence-corrected chi connectivity index (χ1v) is 16.4. The number of benzene rings is 2. The maximum atomic E-state index is 12.4. The van der Waals surface area contributed by atoms with E-state index in [4.69, 9.17) is 11.5 Å². The maximum absolute atomic E-state index is 12.4. The van der Waals surface area contributed by atoms with Gasteiger partial charge in [-0.05, 0) is 47.9 Å². The molecule has 47 heavy (non-hydrogen) atoms. The summed E-state index contributed by atoms with van der Waals surface area (Å²) in [6, 6.07) is 10.2. The van der Waals surface area contributed by atoms with Gasteiger partial charge in [0.25, 0.3) is 10.1 Å². The summed E-state index contributed by atoms with van der Waals surface area (Å²) < 4.78 is 34.9. The van der Waals surface area contributed by atoms with E-state index in [0.29, 0.717) is 36.6 Å². The Labute approximate surface area is 271 Å². The van der Waals surface area contributed by atoms with Crippen molar-refractivity contribution < 1.29 is 13.0 Å². The Hall–Kier alpha value is -5.17. The van der Waals surface area contributed by atoms with Gasteiger partial charge >= 0.3 is 0 Å². The van der Waals surface area contributed by atoms with E-state index < -0.39 is 10.1 Å². The van der Waals surface area contributed by atoms with Crippen LogP contribution in [0.2, 0.25) is 0 Å². The third kappa shape index (κ3) is 7.98. The summed E-state index contributed by atoms with van der Waals surface area (Å²) in [6.45, 7) is 8.13. The lowest BCUT2D eigenvalue weighted by molar-refractivity contribution is 0.483. The van der Waals surface area contributed by atoms with Crippen molar-refractivity contribution in [1.29, 1.82) is 0 Å². The normalized spacial score (nSPS) is 15.6. The quantitative estimate of drug-likeness (QED) is 0.0987. The zero-order valence-electron chi connectivity index (χ0n) is 25.7. The van der Waals surface area contributed by atoms with Crippen molar-refractivity contribution in [3.63, 3.8) is 0 Å². The largest absolute Gasteiger partial charge is 0.368 e. The Balaban J connectivity index is 1.19. The second-order valence-electron chi connectivity index (χ2n) is 11.0. The molecule has 0 amide bonds. The molecule has 0 unspecified atom stereocenters. The van der Waals surface area contributed by atoms with E-state index >= 15 is 0 Å². The second-order valence-corrected chi connectivity index (χ2v) is 12.4. The SMILES string of the molecule is Cc1cc(Nc2nc(N)nc(N3CCNCC3)n2)ccc1/C=C/c1ccc(Nc2nc(N)nc(N3CCNCC3)n2)cc1S(=O)(=O)O. The fraction of sp³-hybridized carbons (Fsp3) is 0.310. The standard InChI is InChI=1S/C29H36N14O3S/c1-18-16-21(34-26-36-24(30)38-28(40-26)42-12-8-32-9-13-42)6-4-19(18)2-3-20-5-7-22(17-23(20)47(44,45)46)35-27-37-25(31)39-29(41-27)43-14-10-33-11-15-43/h2-7,16-17,32-33H,8-15H2,1H3,(H,44,45,46)(H3,30,34,36,38,40)(H3,31,35,37,39,41)/b3-2+. The molecule has 6 rings (SSSR count). The van der Waals surface area contributed by atoms with E-state index in [9.17, 15) is 13.0 Å². The molecule has 18 heteroatoms. The van der Waals surface area contributed by atoms with E-state index in [1.54, 1.807) is 24.3 Å². The van der Waals surface area contributed by atoms with Gasteiger partial charge in [0, 0.05) is 63.7 Å². The Morgan fingerprint density at radius 3 is 1.68 bits per heavy atom. The molecule has 4 heterocycles. The first-order valence-electron chi connectivity index (χ1n) is 15.0. The van der Waals surface area contributed by atoms with Gasteiger partial charge in [-0.15, -0.1) is 0 Å². The van der Waals surface area contributed by atoms with Crippen molar-refractivity contribution in [3.05, 3.63) is 53.1 Å². The van der Waals surface area contributed by atoms with Gasteiger partial charge in [0.05, 0.1) is 0 Å². The maximum Gasteiger partial charge on any atom is 0.295 e. The second kappa shape index (κ2) is 13.7. The molecule has 0 saturated carbocycles. The fourth-order valence-corrected chi connectivity index (χ4v) is 5.95. The minimum Gasteiger partial charge on any atom is -0.368 e. The number of anilines is 8. The van der Waals surface area contributed by atoms with E-state index in [0.717, 1.165) is 56.1 Å². The number of nitrogen functional groups attached to an aromatic ring is 2. The molecule has 246 valence electrons. The molecule has 9 N–H and O–H groups in total. The highest BCUT2D eigenvalue weighted by atomic mass is 32.2. The average molecular weight is 661 g/mol. The third-order valence-electron chi connectivity index (χ3n) is 7.60. The van der Waals surface area contributed by atoms with Crippen molar-refractivity contribution in [2.24, 2.45) is 0 Å². The van der Waals surface area contributed by atoms with Gasteiger partial charge in [-0.25, -0.2) is 0 Å². The van der Waals surface area contributed by atoms with E-state index in [-0.39, 0.29) is 28.3 Å². The van der Waals surface area contributed by atoms with Crippen LogP contribution in [0.4, 0.5) is 47.1 Å². The molecule has 0 bridgehead atoms. The van der Waals surface area contributed by atoms with Crippen molar-refractivity contribution >= 4 is 69.3 Å². The molecule has 2 saturated heterocycles. The van der Waals surface area contributed by atoms with Crippen LogP contribution < -0.4 is 42.5 Å². The zero-order valence-corrected chi connectivity index (χ0v) is 26.5. The van der Waals surface area contributed by atoms with E-state index in [1.807, 2.05) is 30.0 Å². The summed E-state index contributed by atoms with van der Waals surface area (Å²) in [7, 11) is -4.58. The van der Waals surface area contributed by atoms with Crippen molar-refractivity contribution in [1.82, 2.24) is 40.5 Å². The molecule has 2 aliphatic rings. The highest BCUT2D eigenvalue weighted by molar-refractivity contribution is 7.86. The molecule has 0 spiro atoms. The summed E-state index contributed by atoms with van der Waals surface area (Å²) in [6.07, 6.45) is 3.39. The van der Waals surface area contributed by atoms with Crippen LogP contribution in [-0.4, -0.2) is 95.2 Å². The Morgan fingerprint density at radius 2 is 1.19 bits per heavy atom. The molecule has 4 aromatic rings. The lowest BCUT2D eigenvalue weighted by atomic mass is 10.1. The number of nitrogens with one attached hydrogen (secondary N) is 4. The number of aryl methyl sites for hydroxylation is 1. The molecule has 2 fully saturated rings.